The lowest BCUT2D eigenvalue weighted by molar-refractivity contribution is -0.125. The van der Waals surface area contributed by atoms with Gasteiger partial charge in [0, 0.05) is 34.7 Å². The number of carbonyl (C=O) groups is 1. The average molecular weight is 392 g/mol. The first-order valence-corrected chi connectivity index (χ1v) is 9.67. The van der Waals surface area contributed by atoms with Gasteiger partial charge in [-0.3, -0.25) is 4.79 Å². The molecule has 8 heteroatoms. The van der Waals surface area contributed by atoms with Crippen LogP contribution in [0.15, 0.2) is 29.1 Å². The molecule has 1 aliphatic rings. The number of hydrogen-bond acceptors (Lipinski definition) is 5. The van der Waals surface area contributed by atoms with Gasteiger partial charge >= 0.3 is 0 Å². The van der Waals surface area contributed by atoms with Gasteiger partial charge < -0.3 is 19.8 Å². The maximum atomic E-state index is 12.1. The van der Waals surface area contributed by atoms with Crippen LogP contribution in [0, 0.1) is 5.92 Å². The van der Waals surface area contributed by atoms with Crippen molar-refractivity contribution in [2.24, 2.45) is 5.92 Å². The van der Waals surface area contributed by atoms with Gasteiger partial charge in [-0.1, -0.05) is 11.6 Å². The van der Waals surface area contributed by atoms with Crippen LogP contribution in [0.3, 0.4) is 0 Å². The molecule has 1 amide bonds. The fourth-order valence-corrected chi connectivity index (χ4v) is 3.70. The molecule has 0 aliphatic carbocycles. The van der Waals surface area contributed by atoms with Crippen molar-refractivity contribution in [3.8, 4) is 5.75 Å². The number of halogens is 1. The van der Waals surface area contributed by atoms with E-state index in [0.29, 0.717) is 37.1 Å². The molecule has 1 atom stereocenters. The fraction of sp³-hybridized carbons (Fsp3) is 0.333. The first-order chi connectivity index (χ1) is 12.7. The zero-order valence-electron chi connectivity index (χ0n) is 14.0. The number of carbonyl (C=O) groups excluding carboxylic acids is 1. The minimum Gasteiger partial charge on any atom is -0.486 e. The highest BCUT2D eigenvalue weighted by atomic mass is 35.5. The summed E-state index contributed by atoms with van der Waals surface area (Å²) in [6.45, 7) is 1.99. The standard InChI is InChI=1S/C18H18ClN3O3S/c19-15-4-12-3-13(6-20-18(23)11-1-2-24-7-11)22-16(12)5-17(15)25-8-14-9-26-10-21-14/h3-5,9-11,22H,1-2,6-8H2,(H,20,23)/t11-/m1/s1. The van der Waals surface area contributed by atoms with E-state index < -0.39 is 0 Å². The molecule has 2 aromatic heterocycles. The monoisotopic (exact) mass is 391 g/mol. The molecule has 136 valence electrons. The minimum atomic E-state index is -0.0421. The Labute approximate surface area is 159 Å². The van der Waals surface area contributed by atoms with E-state index in [4.69, 9.17) is 21.1 Å². The Morgan fingerprint density at radius 3 is 3.15 bits per heavy atom. The van der Waals surface area contributed by atoms with Crippen molar-refractivity contribution in [1.82, 2.24) is 15.3 Å². The summed E-state index contributed by atoms with van der Waals surface area (Å²) in [5.74, 6) is 0.596. The molecule has 1 aliphatic heterocycles. The molecule has 0 spiro atoms. The second kappa shape index (κ2) is 7.65. The number of aromatic nitrogens is 2. The number of H-pyrrole nitrogens is 1. The Morgan fingerprint density at radius 1 is 1.46 bits per heavy atom. The Morgan fingerprint density at radius 2 is 2.38 bits per heavy atom. The van der Waals surface area contributed by atoms with Gasteiger partial charge in [0.15, 0.2) is 0 Å². The molecule has 2 N–H and O–H groups in total. The van der Waals surface area contributed by atoms with E-state index in [1.807, 2.05) is 23.6 Å². The zero-order valence-corrected chi connectivity index (χ0v) is 15.5. The lowest BCUT2D eigenvalue weighted by Crippen LogP contribution is -2.30. The highest BCUT2D eigenvalue weighted by Gasteiger charge is 2.23. The van der Waals surface area contributed by atoms with E-state index in [9.17, 15) is 4.79 Å². The zero-order chi connectivity index (χ0) is 17.9. The van der Waals surface area contributed by atoms with Crippen molar-refractivity contribution in [2.45, 2.75) is 19.6 Å². The van der Waals surface area contributed by atoms with Gasteiger partial charge in [-0.05, 0) is 18.6 Å². The van der Waals surface area contributed by atoms with Crippen LogP contribution in [-0.4, -0.2) is 29.1 Å². The molecular formula is C18H18ClN3O3S. The molecule has 1 fully saturated rings. The number of ether oxygens (including phenoxy) is 2. The molecule has 0 radical (unpaired) electrons. The molecule has 6 nitrogen and oxygen atoms in total. The molecule has 4 rings (SSSR count). The highest BCUT2D eigenvalue weighted by Crippen LogP contribution is 2.31. The number of rotatable bonds is 6. The van der Waals surface area contributed by atoms with E-state index in [-0.39, 0.29) is 11.8 Å². The van der Waals surface area contributed by atoms with Crippen molar-refractivity contribution in [3.63, 3.8) is 0 Å². The van der Waals surface area contributed by atoms with Gasteiger partial charge in [-0.2, -0.15) is 0 Å². The number of hydrogen-bond donors (Lipinski definition) is 2. The van der Waals surface area contributed by atoms with Crippen molar-refractivity contribution < 1.29 is 14.3 Å². The third-order valence-corrected chi connectivity index (χ3v) is 5.27. The number of nitrogens with zero attached hydrogens (tertiary/aromatic N) is 1. The van der Waals surface area contributed by atoms with Crippen molar-refractivity contribution >= 4 is 39.7 Å². The summed E-state index contributed by atoms with van der Waals surface area (Å²) in [7, 11) is 0. The Kier molecular flexibility index (Phi) is 5.10. The Hall–Kier alpha value is -2.09. The summed E-state index contributed by atoms with van der Waals surface area (Å²) < 4.78 is 11.0. The number of thiazole rings is 1. The topological polar surface area (TPSA) is 76.2 Å². The van der Waals surface area contributed by atoms with Crippen LogP contribution in [0.4, 0.5) is 0 Å². The van der Waals surface area contributed by atoms with Gasteiger partial charge in [0.25, 0.3) is 0 Å². The Balaban J connectivity index is 1.43. The Bertz CT molecular complexity index is 904. The number of amides is 1. The maximum absolute atomic E-state index is 12.1. The second-order valence-electron chi connectivity index (χ2n) is 6.21. The van der Waals surface area contributed by atoms with Gasteiger partial charge in [0.05, 0.1) is 35.3 Å². The maximum Gasteiger partial charge on any atom is 0.225 e. The van der Waals surface area contributed by atoms with Crippen LogP contribution in [-0.2, 0) is 22.7 Å². The van der Waals surface area contributed by atoms with Gasteiger partial charge in [-0.15, -0.1) is 11.3 Å². The lowest BCUT2D eigenvalue weighted by atomic mass is 10.1. The van der Waals surface area contributed by atoms with Crippen molar-refractivity contribution in [3.05, 3.63) is 45.5 Å². The average Bonchev–Trinajstić information content (AvgIpc) is 3.38. The van der Waals surface area contributed by atoms with E-state index >= 15 is 0 Å². The van der Waals surface area contributed by atoms with Crippen LogP contribution in [0.5, 0.6) is 5.75 Å². The number of nitrogens with one attached hydrogen (secondary N) is 2. The molecule has 3 aromatic rings. The van der Waals surface area contributed by atoms with Gasteiger partial charge in [0.2, 0.25) is 5.91 Å². The van der Waals surface area contributed by atoms with Crippen LogP contribution >= 0.6 is 22.9 Å². The van der Waals surface area contributed by atoms with Crippen molar-refractivity contribution in [1.29, 1.82) is 0 Å². The van der Waals surface area contributed by atoms with E-state index in [0.717, 1.165) is 28.7 Å². The molecule has 0 bridgehead atoms. The minimum absolute atomic E-state index is 0.0338. The summed E-state index contributed by atoms with van der Waals surface area (Å²) in [5.41, 5.74) is 4.47. The summed E-state index contributed by atoms with van der Waals surface area (Å²) in [4.78, 5) is 19.6. The summed E-state index contributed by atoms with van der Waals surface area (Å²) in [5, 5.41) is 6.42. The number of benzene rings is 1. The molecule has 1 saturated heterocycles. The van der Waals surface area contributed by atoms with Gasteiger partial charge in [0.1, 0.15) is 12.4 Å². The molecule has 3 heterocycles. The van der Waals surface area contributed by atoms with Crippen LogP contribution in [0.1, 0.15) is 17.8 Å². The van der Waals surface area contributed by atoms with Crippen LogP contribution in [0.25, 0.3) is 10.9 Å². The highest BCUT2D eigenvalue weighted by molar-refractivity contribution is 7.07. The van der Waals surface area contributed by atoms with E-state index in [1.165, 1.54) is 11.3 Å². The molecule has 1 aromatic carbocycles. The van der Waals surface area contributed by atoms with Crippen LogP contribution in [0.2, 0.25) is 5.02 Å². The molecule has 26 heavy (non-hydrogen) atoms. The predicted octanol–water partition coefficient (Wildman–Crippen LogP) is 3.51. The summed E-state index contributed by atoms with van der Waals surface area (Å²) in [6.07, 6.45) is 0.786. The quantitative estimate of drug-likeness (QED) is 0.674. The lowest BCUT2D eigenvalue weighted by Gasteiger charge is -2.08. The smallest absolute Gasteiger partial charge is 0.225 e. The fourth-order valence-electron chi connectivity index (χ4n) is 2.93. The summed E-state index contributed by atoms with van der Waals surface area (Å²) in [6, 6.07) is 5.72. The third-order valence-electron chi connectivity index (χ3n) is 4.34. The largest absolute Gasteiger partial charge is 0.486 e. The first-order valence-electron chi connectivity index (χ1n) is 8.35. The number of fused-ring (bicyclic) bond motifs is 1. The van der Waals surface area contributed by atoms with E-state index in [1.54, 1.807) is 5.51 Å². The van der Waals surface area contributed by atoms with Crippen LogP contribution < -0.4 is 10.1 Å². The third kappa shape index (κ3) is 3.85. The molecule has 0 saturated carbocycles. The number of aromatic amines is 1. The first kappa shape index (κ1) is 17.3. The SMILES string of the molecule is O=C(NCc1cc2cc(Cl)c(OCc3cscn3)cc2[nH]1)[C@@H]1CCOC1. The van der Waals surface area contributed by atoms with Crippen molar-refractivity contribution in [2.75, 3.05) is 13.2 Å². The second-order valence-corrected chi connectivity index (χ2v) is 7.34. The predicted molar refractivity (Wildman–Crippen MR) is 101 cm³/mol. The normalized spacial score (nSPS) is 16.9. The molecular weight excluding hydrogens is 374 g/mol. The molecule has 0 unspecified atom stereocenters. The van der Waals surface area contributed by atoms with E-state index in [2.05, 4.69) is 15.3 Å². The van der Waals surface area contributed by atoms with Gasteiger partial charge in [-0.25, -0.2) is 4.98 Å². The summed E-state index contributed by atoms with van der Waals surface area (Å²) >= 11 is 7.85.